The molecule has 0 spiro atoms. The molecule has 144 valence electrons. The van der Waals surface area contributed by atoms with E-state index < -0.39 is 0 Å². The summed E-state index contributed by atoms with van der Waals surface area (Å²) in [5.74, 6) is 0.730. The molecule has 1 N–H and O–H groups in total. The van der Waals surface area contributed by atoms with Crippen LogP contribution >= 0.6 is 0 Å². The Hall–Kier alpha value is -2.96. The summed E-state index contributed by atoms with van der Waals surface area (Å²) < 4.78 is 14.2. The van der Waals surface area contributed by atoms with Crippen molar-refractivity contribution in [3.8, 4) is 0 Å². The number of nitrogens with one attached hydrogen (secondary N) is 1. The highest BCUT2D eigenvalue weighted by Crippen LogP contribution is 2.32. The number of carbonyl (C=O) groups excluding carboxylic acids is 1. The number of H-pyrrole nitrogens is 1. The summed E-state index contributed by atoms with van der Waals surface area (Å²) in [6.45, 7) is 4.17. The molecule has 1 amide bonds. The Morgan fingerprint density at radius 2 is 1.96 bits per heavy atom. The van der Waals surface area contributed by atoms with E-state index in [2.05, 4.69) is 19.9 Å². The lowest BCUT2D eigenvalue weighted by molar-refractivity contribution is 0.0586. The van der Waals surface area contributed by atoms with Crippen molar-refractivity contribution >= 4 is 22.8 Å². The maximum Gasteiger partial charge on any atom is 0.270 e. The number of halogens is 1. The van der Waals surface area contributed by atoms with Gasteiger partial charge in [-0.15, -0.1) is 0 Å². The summed E-state index contributed by atoms with van der Waals surface area (Å²) in [7, 11) is 0. The summed E-state index contributed by atoms with van der Waals surface area (Å²) in [6.07, 6.45) is 5.56. The third kappa shape index (κ3) is 2.73. The van der Waals surface area contributed by atoms with E-state index in [0.29, 0.717) is 23.7 Å². The van der Waals surface area contributed by atoms with Gasteiger partial charge in [-0.2, -0.15) is 0 Å². The first-order valence-electron chi connectivity index (χ1n) is 9.71. The van der Waals surface area contributed by atoms with Crippen LogP contribution in [0.4, 0.5) is 10.3 Å². The second kappa shape index (κ2) is 6.58. The highest BCUT2D eigenvalue weighted by atomic mass is 19.1. The average molecular weight is 379 g/mol. The summed E-state index contributed by atoms with van der Waals surface area (Å²) in [5, 5.41) is 0.766. The van der Waals surface area contributed by atoms with Crippen molar-refractivity contribution in [1.29, 1.82) is 0 Å². The highest BCUT2D eigenvalue weighted by molar-refractivity contribution is 6.01. The number of anilines is 1. The largest absolute Gasteiger partial charge is 0.348 e. The SMILES string of the molecule is Cc1c(C(=O)N2C[C@H]3CC[C@@H]2CN(c2ncccn2)C3)[nH]c2c(F)cccc12. The van der Waals surface area contributed by atoms with Crippen LogP contribution in [-0.2, 0) is 0 Å². The van der Waals surface area contributed by atoms with Crippen molar-refractivity contribution in [3.05, 3.63) is 53.7 Å². The van der Waals surface area contributed by atoms with Crippen molar-refractivity contribution < 1.29 is 9.18 Å². The van der Waals surface area contributed by atoms with Gasteiger partial charge in [0.15, 0.2) is 0 Å². The summed E-state index contributed by atoms with van der Waals surface area (Å²) in [4.78, 5) is 29.4. The van der Waals surface area contributed by atoms with Crippen LogP contribution in [0.1, 0.15) is 28.9 Å². The zero-order valence-electron chi connectivity index (χ0n) is 15.7. The van der Waals surface area contributed by atoms with Gasteiger partial charge in [-0.3, -0.25) is 4.79 Å². The van der Waals surface area contributed by atoms with Gasteiger partial charge in [-0.1, -0.05) is 12.1 Å². The van der Waals surface area contributed by atoms with Crippen molar-refractivity contribution in [2.24, 2.45) is 5.92 Å². The van der Waals surface area contributed by atoms with Crippen LogP contribution in [0.3, 0.4) is 0 Å². The number of benzene rings is 1. The van der Waals surface area contributed by atoms with Crippen LogP contribution in [0, 0.1) is 18.7 Å². The van der Waals surface area contributed by atoms with Gasteiger partial charge in [-0.05, 0) is 43.4 Å². The number of rotatable bonds is 2. The van der Waals surface area contributed by atoms with E-state index in [1.165, 1.54) is 6.07 Å². The van der Waals surface area contributed by atoms with E-state index in [1.54, 1.807) is 18.5 Å². The number of aromatic amines is 1. The second-order valence-electron chi connectivity index (χ2n) is 7.80. The Kier molecular flexibility index (Phi) is 4.03. The quantitative estimate of drug-likeness (QED) is 0.743. The number of hydrogen-bond donors (Lipinski definition) is 1. The monoisotopic (exact) mass is 379 g/mol. The maximum atomic E-state index is 14.2. The first-order valence-corrected chi connectivity index (χ1v) is 9.71. The number of piperidine rings is 1. The lowest BCUT2D eigenvalue weighted by atomic mass is 9.94. The molecule has 2 atom stereocenters. The zero-order chi connectivity index (χ0) is 19.3. The second-order valence-corrected chi connectivity index (χ2v) is 7.80. The number of para-hydroxylation sites is 1. The van der Waals surface area contributed by atoms with E-state index >= 15 is 0 Å². The van der Waals surface area contributed by atoms with Gasteiger partial charge < -0.3 is 14.8 Å². The summed E-state index contributed by atoms with van der Waals surface area (Å²) >= 11 is 0. The molecule has 6 nitrogen and oxygen atoms in total. The number of nitrogens with zero attached hydrogens (tertiary/aromatic N) is 4. The van der Waals surface area contributed by atoms with Gasteiger partial charge in [0.05, 0.1) is 5.52 Å². The Balaban J connectivity index is 1.46. The van der Waals surface area contributed by atoms with E-state index in [4.69, 9.17) is 0 Å². The number of aryl methyl sites for hydroxylation is 1. The molecule has 3 fully saturated rings. The molecule has 28 heavy (non-hydrogen) atoms. The molecule has 6 rings (SSSR count). The van der Waals surface area contributed by atoms with Crippen molar-refractivity contribution in [2.45, 2.75) is 25.8 Å². The molecule has 0 aliphatic carbocycles. The molecule has 0 radical (unpaired) electrons. The molecule has 1 aromatic carbocycles. The van der Waals surface area contributed by atoms with Crippen LogP contribution in [0.25, 0.3) is 10.9 Å². The van der Waals surface area contributed by atoms with Crippen molar-refractivity contribution in [1.82, 2.24) is 19.9 Å². The molecule has 0 unspecified atom stereocenters. The van der Waals surface area contributed by atoms with E-state index in [1.807, 2.05) is 24.0 Å². The Bertz CT molecular complexity index is 1030. The number of aromatic nitrogens is 3. The first-order chi connectivity index (χ1) is 13.6. The summed E-state index contributed by atoms with van der Waals surface area (Å²) in [5.41, 5.74) is 1.71. The predicted octanol–water partition coefficient (Wildman–Crippen LogP) is 3.15. The van der Waals surface area contributed by atoms with E-state index in [0.717, 1.165) is 42.8 Å². The average Bonchev–Trinajstić information content (AvgIpc) is 2.87. The first kappa shape index (κ1) is 17.2. The van der Waals surface area contributed by atoms with Gasteiger partial charge in [0.1, 0.15) is 11.5 Å². The van der Waals surface area contributed by atoms with Crippen LogP contribution in [0.15, 0.2) is 36.7 Å². The maximum absolute atomic E-state index is 14.2. The van der Waals surface area contributed by atoms with Crippen molar-refractivity contribution in [3.63, 3.8) is 0 Å². The molecular weight excluding hydrogens is 357 g/mol. The van der Waals surface area contributed by atoms with Gasteiger partial charge in [-0.25, -0.2) is 14.4 Å². The number of hydrogen-bond acceptors (Lipinski definition) is 4. The third-order valence-corrected chi connectivity index (χ3v) is 6.07. The van der Waals surface area contributed by atoms with E-state index in [9.17, 15) is 9.18 Å². The third-order valence-electron chi connectivity index (χ3n) is 6.07. The van der Waals surface area contributed by atoms with Crippen LogP contribution in [-0.4, -0.2) is 51.4 Å². The minimum Gasteiger partial charge on any atom is -0.348 e. The van der Waals surface area contributed by atoms with Gasteiger partial charge >= 0.3 is 0 Å². The molecule has 3 saturated heterocycles. The van der Waals surface area contributed by atoms with Gasteiger partial charge in [0.25, 0.3) is 5.91 Å². The van der Waals surface area contributed by atoms with Crippen molar-refractivity contribution in [2.75, 3.05) is 24.5 Å². The predicted molar refractivity (Wildman–Crippen MR) is 105 cm³/mol. The molecule has 2 bridgehead atoms. The van der Waals surface area contributed by atoms with Crippen LogP contribution < -0.4 is 4.90 Å². The molecule has 2 aromatic heterocycles. The molecular formula is C21H22FN5O. The van der Waals surface area contributed by atoms with Crippen LogP contribution in [0.2, 0.25) is 0 Å². The fraction of sp³-hybridized carbons (Fsp3) is 0.381. The summed E-state index contributed by atoms with van der Waals surface area (Å²) in [6, 6.07) is 6.86. The number of amides is 1. The van der Waals surface area contributed by atoms with Gasteiger partial charge in [0, 0.05) is 43.5 Å². The smallest absolute Gasteiger partial charge is 0.270 e. The Labute approximate surface area is 162 Å². The molecule has 3 aliphatic rings. The fourth-order valence-corrected chi connectivity index (χ4v) is 4.62. The molecule has 7 heteroatoms. The lowest BCUT2D eigenvalue weighted by Crippen LogP contribution is -2.47. The Morgan fingerprint density at radius 3 is 2.75 bits per heavy atom. The normalized spacial score (nSPS) is 21.9. The fourth-order valence-electron chi connectivity index (χ4n) is 4.62. The van der Waals surface area contributed by atoms with Gasteiger partial charge in [0.2, 0.25) is 5.95 Å². The zero-order valence-corrected chi connectivity index (χ0v) is 15.7. The molecule has 0 saturated carbocycles. The minimum atomic E-state index is -0.329. The molecule has 3 aromatic rings. The Morgan fingerprint density at radius 1 is 1.14 bits per heavy atom. The topological polar surface area (TPSA) is 65.1 Å². The number of fused-ring (bicyclic) bond motifs is 5. The minimum absolute atomic E-state index is 0.0429. The van der Waals surface area contributed by atoms with Crippen LogP contribution in [0.5, 0.6) is 0 Å². The molecule has 3 aliphatic heterocycles. The van der Waals surface area contributed by atoms with E-state index in [-0.39, 0.29) is 17.8 Å². The standard InChI is InChI=1S/C21H22FN5O/c1-13-16-4-2-5-17(22)19(16)25-18(13)20(28)27-11-14-6-7-15(27)12-26(10-14)21-23-8-3-9-24-21/h2-5,8-9,14-15,25H,6-7,10-12H2,1H3/t14-,15+/m0/s1. The number of carbonyl (C=O) groups is 1. The lowest BCUT2D eigenvalue weighted by Gasteiger charge is -2.36. The highest BCUT2D eigenvalue weighted by Gasteiger charge is 2.39. The molecule has 5 heterocycles.